The molecular weight excluding hydrogens is 400 g/mol. The molecule has 1 heterocycles. The van der Waals surface area contributed by atoms with Gasteiger partial charge in [-0.25, -0.2) is 8.42 Å². The predicted molar refractivity (Wildman–Crippen MR) is 117 cm³/mol. The fraction of sp³-hybridized carbons (Fsp3) is 0.304. The molecule has 30 heavy (non-hydrogen) atoms. The molecule has 0 aliphatic rings. The van der Waals surface area contributed by atoms with Crippen LogP contribution in [0.25, 0.3) is 11.3 Å². The number of benzene rings is 2. The van der Waals surface area contributed by atoms with Crippen LogP contribution in [0.1, 0.15) is 34.4 Å². The van der Waals surface area contributed by atoms with E-state index >= 15 is 0 Å². The highest BCUT2D eigenvalue weighted by Gasteiger charge is 2.21. The van der Waals surface area contributed by atoms with Crippen molar-refractivity contribution in [3.8, 4) is 11.3 Å². The molecule has 0 atom stereocenters. The van der Waals surface area contributed by atoms with E-state index in [0.717, 1.165) is 22.4 Å². The van der Waals surface area contributed by atoms with Gasteiger partial charge in [-0.15, -0.1) is 0 Å². The van der Waals surface area contributed by atoms with Crippen molar-refractivity contribution in [2.75, 3.05) is 11.1 Å². The molecule has 1 aromatic heterocycles. The average molecular weight is 427 g/mol. The molecule has 1 N–H and O–H groups in total. The van der Waals surface area contributed by atoms with Gasteiger partial charge in [0.25, 0.3) is 0 Å². The molecule has 3 aromatic rings. The second kappa shape index (κ2) is 8.44. The quantitative estimate of drug-likeness (QED) is 0.618. The molecule has 0 unspecified atom stereocenters. The van der Waals surface area contributed by atoms with Crippen LogP contribution in [0.15, 0.2) is 45.8 Å². The van der Waals surface area contributed by atoms with Crippen LogP contribution in [0.3, 0.4) is 0 Å². The molecule has 0 fully saturated rings. The van der Waals surface area contributed by atoms with Gasteiger partial charge in [0, 0.05) is 23.2 Å². The van der Waals surface area contributed by atoms with E-state index in [1.807, 2.05) is 52.0 Å². The van der Waals surface area contributed by atoms with E-state index in [-0.39, 0.29) is 23.0 Å². The van der Waals surface area contributed by atoms with Crippen molar-refractivity contribution in [2.45, 2.75) is 45.9 Å². The lowest BCUT2D eigenvalue weighted by molar-refractivity contribution is -0.115. The SMILES string of the molecule is Cc1ccc(-c2onc(C)c2C)cc1S(=O)(=O)CCC(=O)Nc1cccc(C)c1C. The largest absolute Gasteiger partial charge is 0.356 e. The van der Waals surface area contributed by atoms with Gasteiger partial charge in [-0.1, -0.05) is 29.4 Å². The molecule has 0 radical (unpaired) electrons. The highest BCUT2D eigenvalue weighted by molar-refractivity contribution is 7.91. The van der Waals surface area contributed by atoms with Gasteiger partial charge in [0.15, 0.2) is 15.6 Å². The lowest BCUT2D eigenvalue weighted by atomic mass is 10.1. The number of amides is 1. The number of hydrogen-bond donors (Lipinski definition) is 1. The smallest absolute Gasteiger partial charge is 0.225 e. The minimum absolute atomic E-state index is 0.125. The predicted octanol–water partition coefficient (Wildman–Crippen LogP) is 4.69. The van der Waals surface area contributed by atoms with E-state index in [0.29, 0.717) is 22.6 Å². The number of rotatable bonds is 6. The number of anilines is 1. The summed E-state index contributed by atoms with van der Waals surface area (Å²) in [6.45, 7) is 9.34. The molecule has 0 saturated carbocycles. The molecule has 0 spiro atoms. The molecule has 0 aliphatic carbocycles. The summed E-state index contributed by atoms with van der Waals surface area (Å²) >= 11 is 0. The average Bonchev–Trinajstić information content (AvgIpc) is 3.03. The van der Waals surface area contributed by atoms with Crippen molar-refractivity contribution >= 4 is 21.4 Å². The first-order valence-corrected chi connectivity index (χ1v) is 11.4. The van der Waals surface area contributed by atoms with E-state index < -0.39 is 9.84 Å². The molecule has 6 nitrogen and oxygen atoms in total. The Hall–Kier alpha value is -2.93. The number of aromatic nitrogens is 1. The molecule has 7 heteroatoms. The van der Waals surface area contributed by atoms with Crippen molar-refractivity contribution in [3.63, 3.8) is 0 Å². The summed E-state index contributed by atoms with van der Waals surface area (Å²) in [5.74, 6) is -0.0537. The molecule has 0 bridgehead atoms. The van der Waals surface area contributed by atoms with E-state index in [1.165, 1.54) is 0 Å². The van der Waals surface area contributed by atoms with Crippen LogP contribution >= 0.6 is 0 Å². The number of aryl methyl sites for hydroxylation is 3. The van der Waals surface area contributed by atoms with E-state index in [4.69, 9.17) is 4.52 Å². The highest BCUT2D eigenvalue weighted by Crippen LogP contribution is 2.29. The van der Waals surface area contributed by atoms with Crippen LogP contribution < -0.4 is 5.32 Å². The van der Waals surface area contributed by atoms with E-state index in [1.54, 1.807) is 19.1 Å². The number of carbonyl (C=O) groups excluding carboxylic acids is 1. The first-order chi connectivity index (χ1) is 14.1. The summed E-state index contributed by atoms with van der Waals surface area (Å²) in [7, 11) is -3.66. The zero-order chi connectivity index (χ0) is 22.1. The van der Waals surface area contributed by atoms with Crippen LogP contribution in [0, 0.1) is 34.6 Å². The molecule has 158 valence electrons. The summed E-state index contributed by atoms with van der Waals surface area (Å²) in [4.78, 5) is 12.6. The molecule has 3 rings (SSSR count). The van der Waals surface area contributed by atoms with E-state index in [9.17, 15) is 13.2 Å². The molecule has 0 saturated heterocycles. The Morgan fingerprint density at radius 1 is 1.00 bits per heavy atom. The molecule has 2 aromatic carbocycles. The van der Waals surface area contributed by atoms with Gasteiger partial charge >= 0.3 is 0 Å². The Balaban J connectivity index is 1.78. The summed E-state index contributed by atoms with van der Waals surface area (Å²) < 4.78 is 31.3. The van der Waals surface area contributed by atoms with Crippen LogP contribution in [-0.4, -0.2) is 25.2 Å². The first-order valence-electron chi connectivity index (χ1n) is 9.73. The summed E-state index contributed by atoms with van der Waals surface area (Å²) in [5, 5.41) is 6.75. The van der Waals surface area contributed by atoms with Gasteiger partial charge in [-0.3, -0.25) is 4.79 Å². The molecule has 0 aliphatic heterocycles. The standard InChI is InChI=1S/C23H26N2O4S/c1-14-7-6-8-20(16(14)3)24-22(26)11-12-30(27,28)21-13-19(10-9-15(21)2)23-17(4)18(5)25-29-23/h6-10,13H,11-12H2,1-5H3,(H,24,26). The lowest BCUT2D eigenvalue weighted by Gasteiger charge is -2.12. The zero-order valence-electron chi connectivity index (χ0n) is 17.9. The van der Waals surface area contributed by atoms with Crippen LogP contribution in [0.5, 0.6) is 0 Å². The van der Waals surface area contributed by atoms with Gasteiger partial charge in [0.2, 0.25) is 5.91 Å². The number of nitrogens with zero attached hydrogens (tertiary/aromatic N) is 1. The van der Waals surface area contributed by atoms with Gasteiger partial charge < -0.3 is 9.84 Å². The van der Waals surface area contributed by atoms with Gasteiger partial charge in [-0.05, 0) is 63.4 Å². The van der Waals surface area contributed by atoms with Crippen molar-refractivity contribution in [1.82, 2.24) is 5.16 Å². The van der Waals surface area contributed by atoms with Crippen molar-refractivity contribution in [3.05, 3.63) is 64.3 Å². The number of sulfone groups is 1. The van der Waals surface area contributed by atoms with Gasteiger partial charge in [0.1, 0.15) is 0 Å². The Morgan fingerprint density at radius 3 is 2.40 bits per heavy atom. The summed E-state index contributed by atoms with van der Waals surface area (Å²) in [6.07, 6.45) is -0.125. The monoisotopic (exact) mass is 426 g/mol. The van der Waals surface area contributed by atoms with E-state index in [2.05, 4.69) is 10.5 Å². The maximum absolute atomic E-state index is 13.0. The third-order valence-corrected chi connectivity index (χ3v) is 7.27. The van der Waals surface area contributed by atoms with Crippen molar-refractivity contribution in [2.24, 2.45) is 0 Å². The Morgan fingerprint density at radius 2 is 1.73 bits per heavy atom. The highest BCUT2D eigenvalue weighted by atomic mass is 32.2. The van der Waals surface area contributed by atoms with Gasteiger partial charge in [0.05, 0.1) is 16.3 Å². The third-order valence-electron chi connectivity index (χ3n) is 5.42. The maximum atomic E-state index is 13.0. The van der Waals surface area contributed by atoms with Crippen molar-refractivity contribution < 1.29 is 17.7 Å². The minimum Gasteiger partial charge on any atom is -0.356 e. The fourth-order valence-corrected chi connectivity index (χ4v) is 4.74. The van der Waals surface area contributed by atoms with Crippen LogP contribution in [0.2, 0.25) is 0 Å². The Kier molecular flexibility index (Phi) is 6.12. The number of hydrogen-bond acceptors (Lipinski definition) is 5. The Bertz CT molecular complexity index is 1210. The molecular formula is C23H26N2O4S. The topological polar surface area (TPSA) is 89.3 Å². The number of nitrogens with one attached hydrogen (secondary N) is 1. The summed E-state index contributed by atoms with van der Waals surface area (Å²) in [5.41, 5.74) is 5.64. The lowest BCUT2D eigenvalue weighted by Crippen LogP contribution is -2.18. The normalized spacial score (nSPS) is 11.5. The van der Waals surface area contributed by atoms with Crippen molar-refractivity contribution in [1.29, 1.82) is 0 Å². The van der Waals surface area contributed by atoms with Crippen LogP contribution in [0.4, 0.5) is 5.69 Å². The fourth-order valence-electron chi connectivity index (χ4n) is 3.20. The zero-order valence-corrected chi connectivity index (χ0v) is 18.7. The first kappa shape index (κ1) is 21.8. The van der Waals surface area contributed by atoms with Gasteiger partial charge in [-0.2, -0.15) is 0 Å². The molecule has 1 amide bonds. The summed E-state index contributed by atoms with van der Waals surface area (Å²) in [6, 6.07) is 10.8. The Labute approximate surface area is 177 Å². The minimum atomic E-state index is -3.66. The second-order valence-corrected chi connectivity index (χ2v) is 9.64. The third kappa shape index (κ3) is 4.46. The second-order valence-electron chi connectivity index (χ2n) is 7.57. The maximum Gasteiger partial charge on any atom is 0.225 e. The van der Waals surface area contributed by atoms with Crippen LogP contribution in [-0.2, 0) is 14.6 Å². The number of carbonyl (C=O) groups is 1.